The van der Waals surface area contributed by atoms with Gasteiger partial charge in [-0.2, -0.15) is 5.10 Å². The minimum Gasteiger partial charge on any atom is -0.355 e. The molecule has 0 aliphatic rings. The molecule has 1 atom stereocenters. The van der Waals surface area contributed by atoms with Gasteiger partial charge in [-0.25, -0.2) is 27.8 Å². The molecule has 0 saturated heterocycles. The molecule has 4 heterocycles. The van der Waals surface area contributed by atoms with Crippen molar-refractivity contribution in [2.75, 3.05) is 7.05 Å². The first-order valence-electron chi connectivity index (χ1n) is 12.1. The van der Waals surface area contributed by atoms with Gasteiger partial charge in [0.25, 0.3) is 5.91 Å². The molecule has 0 saturated carbocycles. The highest BCUT2D eigenvalue weighted by atomic mass is 19.1. The van der Waals surface area contributed by atoms with Crippen LogP contribution in [0.3, 0.4) is 0 Å². The standard InChI is InChI=1S/C27H20F3N9O/c1-13(23-20(29)8-21-18(24(23)30)6-15(9-32-21)16-10-34-38(3)12-16)39-26-25(36-37-39)33-11-22(35-26)14-4-5-17(19(28)7-14)27(40)31-2/h4-13H,1-3H3,(H,31,40). The van der Waals surface area contributed by atoms with E-state index in [0.717, 1.165) is 11.6 Å². The van der Waals surface area contributed by atoms with Gasteiger partial charge in [-0.05, 0) is 25.1 Å². The van der Waals surface area contributed by atoms with Gasteiger partial charge in [0.1, 0.15) is 17.5 Å². The lowest BCUT2D eigenvalue weighted by Crippen LogP contribution is -2.19. The number of pyridine rings is 1. The normalized spacial score (nSPS) is 12.2. The summed E-state index contributed by atoms with van der Waals surface area (Å²) < 4.78 is 48.7. The summed E-state index contributed by atoms with van der Waals surface area (Å²) in [5.41, 5.74) is 2.03. The summed E-state index contributed by atoms with van der Waals surface area (Å²) in [6.07, 6.45) is 6.31. The molecule has 1 N–H and O–H groups in total. The van der Waals surface area contributed by atoms with E-state index >= 15 is 8.78 Å². The third-order valence-electron chi connectivity index (χ3n) is 6.66. The molecule has 0 bridgehead atoms. The fourth-order valence-electron chi connectivity index (χ4n) is 4.57. The van der Waals surface area contributed by atoms with Crippen LogP contribution in [0.2, 0.25) is 0 Å². The summed E-state index contributed by atoms with van der Waals surface area (Å²) in [4.78, 5) is 24.8. The van der Waals surface area contributed by atoms with Crippen LogP contribution in [-0.4, -0.2) is 52.7 Å². The first-order valence-corrected chi connectivity index (χ1v) is 12.1. The van der Waals surface area contributed by atoms with Gasteiger partial charge in [0, 0.05) is 60.2 Å². The number of aromatic nitrogens is 8. The molecule has 0 aliphatic heterocycles. The number of hydrogen-bond acceptors (Lipinski definition) is 7. The Balaban J connectivity index is 1.43. The SMILES string of the molecule is CNC(=O)c1ccc(-c2cnc3nnn(C(C)c4c(F)cc5ncc(-c6cnn(C)c6)cc5c4F)c3n2)cc1F. The Labute approximate surface area is 224 Å². The van der Waals surface area contributed by atoms with Gasteiger partial charge in [-0.1, -0.05) is 11.3 Å². The van der Waals surface area contributed by atoms with Gasteiger partial charge in [0.2, 0.25) is 5.65 Å². The number of nitrogens with zero attached hydrogens (tertiary/aromatic N) is 8. The molecule has 0 radical (unpaired) electrons. The zero-order valence-corrected chi connectivity index (χ0v) is 21.4. The summed E-state index contributed by atoms with van der Waals surface area (Å²) in [5.74, 6) is -2.90. The zero-order chi connectivity index (χ0) is 28.1. The maximum absolute atomic E-state index is 15.9. The van der Waals surface area contributed by atoms with Gasteiger partial charge in [-0.15, -0.1) is 5.10 Å². The predicted octanol–water partition coefficient (Wildman–Crippen LogP) is 4.22. The lowest BCUT2D eigenvalue weighted by Gasteiger charge is -2.16. The Morgan fingerprint density at radius 1 is 0.975 bits per heavy atom. The smallest absolute Gasteiger partial charge is 0.253 e. The molecule has 0 spiro atoms. The Hall–Kier alpha value is -5.20. The molecule has 2 aromatic carbocycles. The number of nitrogens with one attached hydrogen (secondary N) is 1. The Morgan fingerprint density at radius 3 is 2.52 bits per heavy atom. The number of rotatable bonds is 5. The zero-order valence-electron chi connectivity index (χ0n) is 21.4. The molecule has 6 rings (SSSR count). The molecular weight excluding hydrogens is 523 g/mol. The van der Waals surface area contributed by atoms with Gasteiger partial charge < -0.3 is 5.32 Å². The maximum Gasteiger partial charge on any atom is 0.253 e. The first-order chi connectivity index (χ1) is 19.2. The van der Waals surface area contributed by atoms with Crippen molar-refractivity contribution in [3.63, 3.8) is 0 Å². The number of benzene rings is 2. The predicted molar refractivity (Wildman–Crippen MR) is 140 cm³/mol. The molecule has 200 valence electrons. The average molecular weight is 544 g/mol. The number of carbonyl (C=O) groups is 1. The fourth-order valence-corrected chi connectivity index (χ4v) is 4.57. The van der Waals surface area contributed by atoms with Crippen molar-refractivity contribution in [2.24, 2.45) is 7.05 Å². The number of amides is 1. The van der Waals surface area contributed by atoms with E-state index in [1.807, 2.05) is 0 Å². The number of aryl methyl sites for hydroxylation is 1. The summed E-state index contributed by atoms with van der Waals surface area (Å²) in [6.45, 7) is 1.56. The van der Waals surface area contributed by atoms with E-state index in [-0.39, 0.29) is 39.0 Å². The van der Waals surface area contributed by atoms with Crippen LogP contribution in [0.4, 0.5) is 13.2 Å². The minimum absolute atomic E-state index is 0.121. The van der Waals surface area contributed by atoms with Crippen molar-refractivity contribution in [1.29, 1.82) is 0 Å². The monoisotopic (exact) mass is 543 g/mol. The second-order valence-corrected chi connectivity index (χ2v) is 9.17. The van der Waals surface area contributed by atoms with E-state index in [1.54, 1.807) is 37.1 Å². The average Bonchev–Trinajstić information content (AvgIpc) is 3.58. The highest BCUT2D eigenvalue weighted by molar-refractivity contribution is 5.94. The highest BCUT2D eigenvalue weighted by Crippen LogP contribution is 2.33. The molecule has 13 heteroatoms. The van der Waals surface area contributed by atoms with Crippen molar-refractivity contribution < 1.29 is 18.0 Å². The second kappa shape index (κ2) is 9.52. The van der Waals surface area contributed by atoms with E-state index < -0.39 is 29.4 Å². The Bertz CT molecular complexity index is 1950. The first kappa shape index (κ1) is 25.1. The lowest BCUT2D eigenvalue weighted by molar-refractivity contribution is 0.0959. The van der Waals surface area contributed by atoms with Crippen molar-refractivity contribution >= 4 is 28.1 Å². The topological polar surface area (TPSA) is 116 Å². The van der Waals surface area contributed by atoms with Crippen LogP contribution in [0.5, 0.6) is 0 Å². The largest absolute Gasteiger partial charge is 0.355 e. The number of fused-ring (bicyclic) bond motifs is 2. The molecule has 4 aromatic heterocycles. The van der Waals surface area contributed by atoms with Crippen LogP contribution < -0.4 is 5.32 Å². The maximum atomic E-state index is 15.9. The van der Waals surface area contributed by atoms with Gasteiger partial charge in [0.15, 0.2) is 5.65 Å². The van der Waals surface area contributed by atoms with Crippen LogP contribution in [-0.2, 0) is 7.05 Å². The third kappa shape index (κ3) is 4.11. The van der Waals surface area contributed by atoms with E-state index in [2.05, 4.69) is 35.7 Å². The molecule has 1 amide bonds. The van der Waals surface area contributed by atoms with Gasteiger partial charge >= 0.3 is 0 Å². The molecule has 1 unspecified atom stereocenters. The van der Waals surface area contributed by atoms with E-state index in [9.17, 15) is 9.18 Å². The van der Waals surface area contributed by atoms with E-state index in [4.69, 9.17) is 0 Å². The molecule has 40 heavy (non-hydrogen) atoms. The van der Waals surface area contributed by atoms with Crippen molar-refractivity contribution in [1.82, 2.24) is 45.0 Å². The molecule has 10 nitrogen and oxygen atoms in total. The van der Waals surface area contributed by atoms with Crippen molar-refractivity contribution in [3.05, 3.63) is 83.7 Å². The van der Waals surface area contributed by atoms with Crippen LogP contribution in [0.1, 0.15) is 28.9 Å². The molecular formula is C27H20F3N9O. The Kier molecular flexibility index (Phi) is 5.97. The van der Waals surface area contributed by atoms with Crippen LogP contribution >= 0.6 is 0 Å². The third-order valence-corrected chi connectivity index (χ3v) is 6.66. The van der Waals surface area contributed by atoms with Gasteiger partial charge in [0.05, 0.1) is 35.2 Å². The molecule has 0 aliphatic carbocycles. The van der Waals surface area contributed by atoms with Crippen LogP contribution in [0.15, 0.2) is 55.1 Å². The number of halogens is 3. The number of hydrogen-bond donors (Lipinski definition) is 1. The Morgan fingerprint density at radius 2 is 1.80 bits per heavy atom. The van der Waals surface area contributed by atoms with Crippen molar-refractivity contribution in [2.45, 2.75) is 13.0 Å². The number of carbonyl (C=O) groups excluding carboxylic acids is 1. The fraction of sp³-hybridized carbons (Fsp3) is 0.148. The lowest BCUT2D eigenvalue weighted by atomic mass is 10.0. The minimum atomic E-state index is -0.978. The van der Waals surface area contributed by atoms with Crippen LogP contribution in [0.25, 0.3) is 44.6 Å². The summed E-state index contributed by atoms with van der Waals surface area (Å²) in [7, 11) is 3.17. The van der Waals surface area contributed by atoms with E-state index in [1.165, 1.54) is 42.3 Å². The summed E-state index contributed by atoms with van der Waals surface area (Å²) >= 11 is 0. The van der Waals surface area contributed by atoms with Crippen LogP contribution in [0, 0.1) is 17.5 Å². The summed E-state index contributed by atoms with van der Waals surface area (Å²) in [6, 6.07) is 5.81. The molecule has 0 fully saturated rings. The quantitative estimate of drug-likeness (QED) is 0.346. The van der Waals surface area contributed by atoms with Crippen molar-refractivity contribution in [3.8, 4) is 22.4 Å². The van der Waals surface area contributed by atoms with E-state index in [0.29, 0.717) is 11.1 Å². The molecule has 6 aromatic rings. The van der Waals surface area contributed by atoms with Gasteiger partial charge in [-0.3, -0.25) is 14.5 Å². The summed E-state index contributed by atoms with van der Waals surface area (Å²) in [5, 5.41) is 14.7. The second-order valence-electron chi connectivity index (χ2n) is 9.17. The highest BCUT2D eigenvalue weighted by Gasteiger charge is 2.25.